The van der Waals surface area contributed by atoms with Gasteiger partial charge in [0.2, 0.25) is 5.95 Å². The number of likely N-dealkylation sites (tertiary alicyclic amines) is 1. The number of likely N-dealkylation sites (N-methyl/N-ethyl adjacent to an activating group) is 1. The zero-order valence-corrected chi connectivity index (χ0v) is 21.5. The van der Waals surface area contributed by atoms with Gasteiger partial charge in [-0.2, -0.15) is 10.1 Å². The lowest BCUT2D eigenvalue weighted by atomic mass is 9.93. The standard InChI is InChI=1S/C25H35N7O4/c1-6-17(16(2)3)12-31-8-7-18-10-26-25(29-23(18)31)28-19-11-27-32(13-19)15-22(33)36-20-9-21(24(34)35-5)30(4)14-20/h7-8,10-11,13,16-17,20-21H,6,9,12,14-15H2,1-5H3,(H,26,28,29)/t17-,20-,21+/m1/s1. The van der Waals surface area contributed by atoms with Crippen molar-refractivity contribution in [3.05, 3.63) is 30.9 Å². The van der Waals surface area contributed by atoms with Crippen LogP contribution < -0.4 is 5.32 Å². The third-order valence-corrected chi connectivity index (χ3v) is 6.86. The highest BCUT2D eigenvalue weighted by Crippen LogP contribution is 2.23. The zero-order chi connectivity index (χ0) is 25.8. The number of rotatable bonds is 10. The zero-order valence-electron chi connectivity index (χ0n) is 21.5. The Balaban J connectivity index is 1.36. The topological polar surface area (TPSA) is 116 Å². The predicted octanol–water partition coefficient (Wildman–Crippen LogP) is 2.84. The molecule has 0 spiro atoms. The molecule has 4 rings (SSSR count). The summed E-state index contributed by atoms with van der Waals surface area (Å²) in [6, 6.07) is 1.63. The molecule has 0 aromatic carbocycles. The minimum absolute atomic E-state index is 0.0405. The van der Waals surface area contributed by atoms with E-state index in [1.807, 2.05) is 18.0 Å². The van der Waals surface area contributed by atoms with Crippen LogP contribution in [0.3, 0.4) is 0 Å². The maximum absolute atomic E-state index is 12.4. The van der Waals surface area contributed by atoms with Gasteiger partial charge in [-0.25, -0.2) is 4.98 Å². The van der Waals surface area contributed by atoms with Crippen LogP contribution >= 0.6 is 0 Å². The van der Waals surface area contributed by atoms with Crippen LogP contribution in [0.4, 0.5) is 11.6 Å². The second kappa shape index (κ2) is 11.1. The van der Waals surface area contributed by atoms with Gasteiger partial charge in [0.25, 0.3) is 0 Å². The molecule has 3 aromatic rings. The molecule has 11 heteroatoms. The van der Waals surface area contributed by atoms with Crippen molar-refractivity contribution < 1.29 is 19.1 Å². The van der Waals surface area contributed by atoms with E-state index in [0.29, 0.717) is 36.4 Å². The van der Waals surface area contributed by atoms with Gasteiger partial charge in [0.05, 0.1) is 19.0 Å². The number of methoxy groups -OCH3 is 1. The minimum atomic E-state index is -0.417. The molecule has 1 saturated heterocycles. The van der Waals surface area contributed by atoms with E-state index in [4.69, 9.17) is 14.5 Å². The number of hydrogen-bond acceptors (Lipinski definition) is 9. The van der Waals surface area contributed by atoms with Crippen molar-refractivity contribution in [2.24, 2.45) is 11.8 Å². The molecule has 0 bridgehead atoms. The van der Waals surface area contributed by atoms with Crippen molar-refractivity contribution >= 4 is 34.6 Å². The third kappa shape index (κ3) is 5.84. The fourth-order valence-electron chi connectivity index (χ4n) is 4.69. The average molecular weight is 498 g/mol. The molecule has 3 atom stereocenters. The van der Waals surface area contributed by atoms with Crippen molar-refractivity contribution in [1.82, 2.24) is 29.2 Å². The monoisotopic (exact) mass is 497 g/mol. The number of carbonyl (C=O) groups is 2. The van der Waals surface area contributed by atoms with Crippen molar-refractivity contribution in [2.45, 2.75) is 58.8 Å². The number of ether oxygens (including phenoxy) is 2. The van der Waals surface area contributed by atoms with Crippen LogP contribution in [0.15, 0.2) is 30.9 Å². The van der Waals surface area contributed by atoms with Gasteiger partial charge in [-0.15, -0.1) is 0 Å². The molecule has 1 N–H and O–H groups in total. The third-order valence-electron chi connectivity index (χ3n) is 6.86. The summed E-state index contributed by atoms with van der Waals surface area (Å²) in [6.45, 7) is 8.07. The molecular weight excluding hydrogens is 462 g/mol. The number of anilines is 2. The lowest BCUT2D eigenvalue weighted by Gasteiger charge is -2.20. The molecule has 0 radical (unpaired) electrons. The summed E-state index contributed by atoms with van der Waals surface area (Å²) < 4.78 is 14.0. The van der Waals surface area contributed by atoms with Crippen LogP contribution in [-0.2, 0) is 32.2 Å². The Hall–Kier alpha value is -3.47. The molecule has 4 heterocycles. The Kier molecular flexibility index (Phi) is 7.88. The second-order valence-corrected chi connectivity index (χ2v) is 9.73. The van der Waals surface area contributed by atoms with Crippen molar-refractivity contribution in [3.8, 4) is 0 Å². The van der Waals surface area contributed by atoms with E-state index in [1.54, 1.807) is 18.6 Å². The van der Waals surface area contributed by atoms with Crippen LogP contribution in [0.5, 0.6) is 0 Å². The lowest BCUT2D eigenvalue weighted by Crippen LogP contribution is -2.33. The number of esters is 2. The number of hydrogen-bond donors (Lipinski definition) is 1. The SMILES string of the molecule is CC[C@H](Cn1ccc2cnc(Nc3cnn(CC(=O)O[C@@H]4C[C@@H](C(=O)OC)N(C)C4)c3)nc21)C(C)C. The van der Waals surface area contributed by atoms with Crippen LogP contribution in [-0.4, -0.2) is 74.0 Å². The summed E-state index contributed by atoms with van der Waals surface area (Å²) in [5.74, 6) is 0.885. The molecule has 1 aliphatic heterocycles. The Morgan fingerprint density at radius 3 is 2.81 bits per heavy atom. The Bertz CT molecular complexity index is 1200. The van der Waals surface area contributed by atoms with Crippen molar-refractivity contribution in [3.63, 3.8) is 0 Å². The van der Waals surface area contributed by atoms with Gasteiger partial charge in [-0.05, 0) is 24.9 Å². The van der Waals surface area contributed by atoms with Crippen LogP contribution in [0.25, 0.3) is 11.0 Å². The number of carbonyl (C=O) groups excluding carboxylic acids is 2. The quantitative estimate of drug-likeness (QED) is 0.422. The van der Waals surface area contributed by atoms with Crippen molar-refractivity contribution in [1.29, 1.82) is 0 Å². The summed E-state index contributed by atoms with van der Waals surface area (Å²) >= 11 is 0. The molecule has 36 heavy (non-hydrogen) atoms. The first-order valence-electron chi connectivity index (χ1n) is 12.4. The fourth-order valence-corrected chi connectivity index (χ4v) is 4.69. The van der Waals surface area contributed by atoms with Crippen LogP contribution in [0, 0.1) is 11.8 Å². The maximum Gasteiger partial charge on any atom is 0.328 e. The number of aromatic nitrogens is 5. The molecule has 0 saturated carbocycles. The van der Waals surface area contributed by atoms with Crippen molar-refractivity contribution in [2.75, 3.05) is 26.0 Å². The molecule has 194 valence electrons. The van der Waals surface area contributed by atoms with E-state index in [0.717, 1.165) is 24.0 Å². The smallest absolute Gasteiger partial charge is 0.328 e. The Labute approximate surface area is 210 Å². The normalized spacial score (nSPS) is 19.1. The Morgan fingerprint density at radius 1 is 1.28 bits per heavy atom. The van der Waals surface area contributed by atoms with E-state index >= 15 is 0 Å². The summed E-state index contributed by atoms with van der Waals surface area (Å²) in [5, 5.41) is 8.41. The average Bonchev–Trinajstić information content (AvgIpc) is 3.55. The first kappa shape index (κ1) is 25.6. The van der Waals surface area contributed by atoms with Crippen LogP contribution in [0.1, 0.15) is 33.6 Å². The number of fused-ring (bicyclic) bond motifs is 1. The van der Waals surface area contributed by atoms with Gasteiger partial charge < -0.3 is 19.4 Å². The summed E-state index contributed by atoms with van der Waals surface area (Å²) in [4.78, 5) is 35.2. The molecule has 0 unspecified atom stereocenters. The highest BCUT2D eigenvalue weighted by Gasteiger charge is 2.37. The van der Waals surface area contributed by atoms with E-state index in [-0.39, 0.29) is 18.6 Å². The van der Waals surface area contributed by atoms with E-state index < -0.39 is 12.0 Å². The summed E-state index contributed by atoms with van der Waals surface area (Å²) in [5.41, 5.74) is 1.55. The van der Waals surface area contributed by atoms with Gasteiger partial charge in [-0.1, -0.05) is 27.2 Å². The first-order chi connectivity index (χ1) is 17.3. The maximum atomic E-state index is 12.4. The van der Waals surface area contributed by atoms with E-state index in [1.165, 1.54) is 11.8 Å². The predicted molar refractivity (Wildman–Crippen MR) is 135 cm³/mol. The number of nitrogens with one attached hydrogen (secondary N) is 1. The second-order valence-electron chi connectivity index (χ2n) is 9.73. The van der Waals surface area contributed by atoms with E-state index in [9.17, 15) is 9.59 Å². The van der Waals surface area contributed by atoms with Gasteiger partial charge in [0.1, 0.15) is 24.3 Å². The molecule has 1 aliphatic rings. The highest BCUT2D eigenvalue weighted by molar-refractivity contribution is 5.77. The van der Waals surface area contributed by atoms with Gasteiger partial charge >= 0.3 is 11.9 Å². The molecule has 1 fully saturated rings. The first-order valence-corrected chi connectivity index (χ1v) is 12.4. The molecule has 0 aliphatic carbocycles. The van der Waals surface area contributed by atoms with E-state index in [2.05, 4.69) is 46.9 Å². The van der Waals surface area contributed by atoms with Gasteiger partial charge in [0, 0.05) is 43.5 Å². The lowest BCUT2D eigenvalue weighted by molar-refractivity contribution is -0.150. The summed E-state index contributed by atoms with van der Waals surface area (Å²) in [7, 11) is 3.16. The summed E-state index contributed by atoms with van der Waals surface area (Å²) in [6.07, 6.45) is 8.35. The Morgan fingerprint density at radius 2 is 2.08 bits per heavy atom. The van der Waals surface area contributed by atoms with Crippen LogP contribution in [0.2, 0.25) is 0 Å². The highest BCUT2D eigenvalue weighted by atomic mass is 16.5. The molecular formula is C25H35N7O4. The van der Waals surface area contributed by atoms with Gasteiger partial charge in [-0.3, -0.25) is 19.2 Å². The molecule has 3 aromatic heterocycles. The largest absolute Gasteiger partial charge is 0.468 e. The number of nitrogens with zero attached hydrogens (tertiary/aromatic N) is 6. The fraction of sp³-hybridized carbons (Fsp3) is 0.560. The van der Waals surface area contributed by atoms with Gasteiger partial charge in [0.15, 0.2) is 0 Å². The molecule has 0 amide bonds. The minimum Gasteiger partial charge on any atom is -0.468 e. The molecule has 11 nitrogen and oxygen atoms in total.